The molecule has 4 nitrogen and oxygen atoms in total. The van der Waals surface area contributed by atoms with Crippen molar-refractivity contribution in [1.82, 2.24) is 9.97 Å². The van der Waals surface area contributed by atoms with Crippen molar-refractivity contribution in [3.05, 3.63) is 11.9 Å². The summed E-state index contributed by atoms with van der Waals surface area (Å²) in [5, 5.41) is 0. The van der Waals surface area contributed by atoms with Gasteiger partial charge in [0.15, 0.2) is 0 Å². The molecule has 0 saturated heterocycles. The zero-order valence-corrected chi connectivity index (χ0v) is 9.49. The van der Waals surface area contributed by atoms with Crippen molar-refractivity contribution in [2.75, 3.05) is 12.3 Å². The largest absolute Gasteiger partial charge is 0.477 e. The molecule has 0 aliphatic rings. The normalized spacial score (nSPS) is 10.3. The van der Waals surface area contributed by atoms with Gasteiger partial charge in [0.05, 0.1) is 12.2 Å². The third-order valence-corrected chi connectivity index (χ3v) is 2.28. The first-order valence-corrected chi connectivity index (χ1v) is 5.51. The number of nitrogens with two attached hydrogens (primary N) is 1. The van der Waals surface area contributed by atoms with Gasteiger partial charge in [-0.1, -0.05) is 26.7 Å². The maximum absolute atomic E-state index is 5.73. The van der Waals surface area contributed by atoms with Crippen LogP contribution in [0.4, 0.5) is 5.82 Å². The zero-order valence-electron chi connectivity index (χ0n) is 9.49. The van der Waals surface area contributed by atoms with Gasteiger partial charge in [0, 0.05) is 0 Å². The van der Waals surface area contributed by atoms with Gasteiger partial charge in [0.2, 0.25) is 5.88 Å². The van der Waals surface area contributed by atoms with E-state index in [0.29, 0.717) is 18.3 Å². The van der Waals surface area contributed by atoms with E-state index in [0.717, 1.165) is 18.4 Å². The molecule has 84 valence electrons. The summed E-state index contributed by atoms with van der Waals surface area (Å²) >= 11 is 0. The molecular weight excluding hydrogens is 190 g/mol. The van der Waals surface area contributed by atoms with Crippen LogP contribution in [0.5, 0.6) is 5.88 Å². The highest BCUT2D eigenvalue weighted by Crippen LogP contribution is 2.19. The van der Waals surface area contributed by atoms with Gasteiger partial charge in [0.25, 0.3) is 0 Å². The van der Waals surface area contributed by atoms with E-state index >= 15 is 0 Å². The lowest BCUT2D eigenvalue weighted by atomic mass is 10.2. The minimum atomic E-state index is 0.526. The smallest absolute Gasteiger partial charge is 0.221 e. The number of rotatable bonds is 6. The average Bonchev–Trinajstić information content (AvgIpc) is 2.24. The van der Waals surface area contributed by atoms with E-state index in [1.165, 1.54) is 19.2 Å². The average molecular weight is 209 g/mol. The van der Waals surface area contributed by atoms with Crippen LogP contribution in [-0.4, -0.2) is 16.6 Å². The van der Waals surface area contributed by atoms with Crippen LogP contribution in [0.1, 0.15) is 38.7 Å². The number of ether oxygens (including phenoxy) is 1. The van der Waals surface area contributed by atoms with Crippen molar-refractivity contribution in [2.24, 2.45) is 0 Å². The molecule has 1 rings (SSSR count). The van der Waals surface area contributed by atoms with Crippen LogP contribution in [-0.2, 0) is 6.42 Å². The Hall–Kier alpha value is -1.32. The van der Waals surface area contributed by atoms with Crippen LogP contribution in [0.2, 0.25) is 0 Å². The lowest BCUT2D eigenvalue weighted by Gasteiger charge is -2.09. The minimum absolute atomic E-state index is 0.526. The van der Waals surface area contributed by atoms with Gasteiger partial charge in [-0.05, 0) is 12.8 Å². The summed E-state index contributed by atoms with van der Waals surface area (Å²) in [5.74, 6) is 1.17. The molecule has 2 N–H and O–H groups in total. The molecule has 15 heavy (non-hydrogen) atoms. The Morgan fingerprint density at radius 2 is 2.07 bits per heavy atom. The second kappa shape index (κ2) is 6.22. The summed E-state index contributed by atoms with van der Waals surface area (Å²) < 4.78 is 5.58. The lowest BCUT2D eigenvalue weighted by molar-refractivity contribution is 0.291. The summed E-state index contributed by atoms with van der Waals surface area (Å²) in [7, 11) is 0. The van der Waals surface area contributed by atoms with Crippen LogP contribution in [0.25, 0.3) is 0 Å². The fraction of sp³-hybridized carbons (Fsp3) is 0.636. The summed E-state index contributed by atoms with van der Waals surface area (Å²) in [5.41, 5.74) is 6.64. The number of nitrogen functional groups attached to an aromatic ring is 1. The predicted molar refractivity (Wildman–Crippen MR) is 60.8 cm³/mol. The van der Waals surface area contributed by atoms with E-state index in [1.54, 1.807) is 0 Å². The monoisotopic (exact) mass is 209 g/mol. The van der Waals surface area contributed by atoms with E-state index in [1.807, 2.05) is 6.92 Å². The van der Waals surface area contributed by atoms with Crippen LogP contribution >= 0.6 is 0 Å². The van der Waals surface area contributed by atoms with Crippen LogP contribution in [0.15, 0.2) is 6.33 Å². The maximum atomic E-state index is 5.73. The van der Waals surface area contributed by atoms with E-state index in [9.17, 15) is 0 Å². The fourth-order valence-electron chi connectivity index (χ4n) is 1.39. The molecule has 0 fully saturated rings. The topological polar surface area (TPSA) is 61.0 Å². The van der Waals surface area contributed by atoms with Crippen LogP contribution in [0.3, 0.4) is 0 Å². The second-order valence-corrected chi connectivity index (χ2v) is 3.45. The number of nitrogens with zero attached hydrogens (tertiary/aromatic N) is 2. The van der Waals surface area contributed by atoms with Crippen molar-refractivity contribution in [3.8, 4) is 5.88 Å². The van der Waals surface area contributed by atoms with Gasteiger partial charge in [0.1, 0.15) is 12.1 Å². The minimum Gasteiger partial charge on any atom is -0.477 e. The van der Waals surface area contributed by atoms with Gasteiger partial charge in [-0.2, -0.15) is 0 Å². The van der Waals surface area contributed by atoms with Crippen molar-refractivity contribution < 1.29 is 4.74 Å². The lowest BCUT2D eigenvalue weighted by Crippen LogP contribution is -2.05. The molecule has 0 amide bonds. The molecule has 1 aromatic rings. The Kier molecular flexibility index (Phi) is 4.87. The Bertz CT molecular complexity index is 302. The molecule has 0 spiro atoms. The van der Waals surface area contributed by atoms with Gasteiger partial charge < -0.3 is 10.5 Å². The first-order chi connectivity index (χ1) is 7.29. The highest BCUT2D eigenvalue weighted by molar-refractivity contribution is 5.44. The Morgan fingerprint density at radius 3 is 2.73 bits per heavy atom. The Balaban J connectivity index is 2.56. The Labute approximate surface area is 90.9 Å². The molecule has 0 radical (unpaired) electrons. The fourth-order valence-corrected chi connectivity index (χ4v) is 1.39. The summed E-state index contributed by atoms with van der Waals surface area (Å²) in [6.07, 6.45) is 5.68. The van der Waals surface area contributed by atoms with Crippen molar-refractivity contribution in [3.63, 3.8) is 0 Å². The van der Waals surface area contributed by atoms with E-state index in [4.69, 9.17) is 10.5 Å². The number of aromatic nitrogens is 2. The van der Waals surface area contributed by atoms with Gasteiger partial charge >= 0.3 is 0 Å². The quantitative estimate of drug-likeness (QED) is 0.729. The van der Waals surface area contributed by atoms with Crippen molar-refractivity contribution in [1.29, 1.82) is 0 Å². The standard InChI is InChI=1S/C11H19N3O/c1-3-5-6-7-15-11-9(4-2)10(12)13-8-14-11/h8H,3-7H2,1-2H3,(H2,12,13,14). The molecule has 0 atom stereocenters. The third kappa shape index (κ3) is 3.38. The molecule has 0 unspecified atom stereocenters. The number of hydrogen-bond acceptors (Lipinski definition) is 4. The zero-order chi connectivity index (χ0) is 11.1. The molecule has 0 saturated carbocycles. The van der Waals surface area contributed by atoms with Gasteiger partial charge in [-0.3, -0.25) is 0 Å². The highest BCUT2D eigenvalue weighted by Gasteiger charge is 2.07. The molecule has 0 aliphatic carbocycles. The summed E-state index contributed by atoms with van der Waals surface area (Å²) in [6.45, 7) is 4.89. The summed E-state index contributed by atoms with van der Waals surface area (Å²) in [6, 6.07) is 0. The molecule has 0 aliphatic heterocycles. The number of hydrogen-bond donors (Lipinski definition) is 1. The second-order valence-electron chi connectivity index (χ2n) is 3.45. The van der Waals surface area contributed by atoms with E-state index in [2.05, 4.69) is 16.9 Å². The molecule has 0 aromatic carbocycles. The first-order valence-electron chi connectivity index (χ1n) is 5.51. The Morgan fingerprint density at radius 1 is 1.27 bits per heavy atom. The maximum Gasteiger partial charge on any atom is 0.221 e. The first kappa shape index (κ1) is 11.8. The molecule has 1 heterocycles. The van der Waals surface area contributed by atoms with E-state index in [-0.39, 0.29) is 0 Å². The predicted octanol–water partition coefficient (Wildman–Crippen LogP) is 2.19. The third-order valence-electron chi connectivity index (χ3n) is 2.28. The van der Waals surface area contributed by atoms with Crippen molar-refractivity contribution in [2.45, 2.75) is 39.5 Å². The molecule has 0 bridgehead atoms. The molecular formula is C11H19N3O. The SMILES string of the molecule is CCCCCOc1ncnc(N)c1CC. The number of unbranched alkanes of at least 4 members (excludes halogenated alkanes) is 2. The summed E-state index contributed by atoms with van der Waals surface area (Å²) in [4.78, 5) is 8.04. The van der Waals surface area contributed by atoms with Crippen LogP contribution in [0, 0.1) is 0 Å². The molecule has 4 heteroatoms. The van der Waals surface area contributed by atoms with E-state index < -0.39 is 0 Å². The van der Waals surface area contributed by atoms with Crippen LogP contribution < -0.4 is 10.5 Å². The van der Waals surface area contributed by atoms with Crippen molar-refractivity contribution >= 4 is 5.82 Å². The number of anilines is 1. The molecule has 1 aromatic heterocycles. The highest BCUT2D eigenvalue weighted by atomic mass is 16.5. The van der Waals surface area contributed by atoms with Gasteiger partial charge in [-0.25, -0.2) is 9.97 Å². The van der Waals surface area contributed by atoms with Gasteiger partial charge in [-0.15, -0.1) is 0 Å².